The van der Waals surface area contributed by atoms with Crippen LogP contribution in [0.5, 0.6) is 5.75 Å². The molecule has 0 heterocycles. The summed E-state index contributed by atoms with van der Waals surface area (Å²) in [5.41, 5.74) is 6.89. The summed E-state index contributed by atoms with van der Waals surface area (Å²) in [7, 11) is 0. The second-order valence-corrected chi connectivity index (χ2v) is 2.96. The van der Waals surface area contributed by atoms with Crippen LogP contribution in [0.1, 0.15) is 12.5 Å². The van der Waals surface area contributed by atoms with Crippen molar-refractivity contribution in [2.24, 2.45) is 5.73 Å². The van der Waals surface area contributed by atoms with Crippen molar-refractivity contribution in [2.75, 3.05) is 0 Å². The highest BCUT2D eigenvalue weighted by molar-refractivity contribution is 6.25. The first kappa shape index (κ1) is 9.36. The van der Waals surface area contributed by atoms with Crippen molar-refractivity contribution in [2.45, 2.75) is 13.5 Å². The predicted molar refractivity (Wildman–Crippen MR) is 49.7 cm³/mol. The van der Waals surface area contributed by atoms with E-state index in [0.717, 1.165) is 11.3 Å². The molecule has 0 fully saturated rings. The SMILES string of the molecule is C[C](Cl)Oc1cccc(CN)c1. The molecule has 1 radical (unpaired) electrons. The van der Waals surface area contributed by atoms with Gasteiger partial charge < -0.3 is 10.5 Å². The van der Waals surface area contributed by atoms with Crippen molar-refractivity contribution >= 4 is 11.6 Å². The second kappa shape index (κ2) is 4.33. The van der Waals surface area contributed by atoms with E-state index in [9.17, 15) is 0 Å². The maximum Gasteiger partial charge on any atom is 0.232 e. The number of hydrogen-bond donors (Lipinski definition) is 1. The van der Waals surface area contributed by atoms with Crippen LogP contribution in [0.3, 0.4) is 0 Å². The van der Waals surface area contributed by atoms with Crippen molar-refractivity contribution in [3.63, 3.8) is 0 Å². The highest BCUT2D eigenvalue weighted by Gasteiger charge is 2.00. The molecular weight excluding hydrogens is 174 g/mol. The van der Waals surface area contributed by atoms with Gasteiger partial charge in [0.25, 0.3) is 0 Å². The molecule has 0 saturated heterocycles. The average Bonchev–Trinajstić information content (AvgIpc) is 2.03. The summed E-state index contributed by atoms with van der Waals surface area (Å²) in [6, 6.07) is 7.53. The highest BCUT2D eigenvalue weighted by Crippen LogP contribution is 2.18. The molecule has 1 aromatic carbocycles. The van der Waals surface area contributed by atoms with Crippen LogP contribution in [-0.2, 0) is 6.54 Å². The van der Waals surface area contributed by atoms with Gasteiger partial charge in [-0.15, -0.1) is 0 Å². The van der Waals surface area contributed by atoms with Crippen molar-refractivity contribution in [1.29, 1.82) is 0 Å². The molecule has 12 heavy (non-hydrogen) atoms. The Kier molecular flexibility index (Phi) is 3.38. The van der Waals surface area contributed by atoms with Gasteiger partial charge in [-0.3, -0.25) is 0 Å². The Morgan fingerprint density at radius 3 is 2.92 bits per heavy atom. The van der Waals surface area contributed by atoms with Crippen LogP contribution in [0.2, 0.25) is 0 Å². The molecule has 0 aromatic heterocycles. The van der Waals surface area contributed by atoms with Crippen LogP contribution >= 0.6 is 11.6 Å². The molecule has 0 unspecified atom stereocenters. The number of nitrogens with two attached hydrogens (primary N) is 1. The molecule has 65 valence electrons. The lowest BCUT2D eigenvalue weighted by Gasteiger charge is -2.06. The first-order valence-corrected chi connectivity index (χ1v) is 4.06. The minimum Gasteiger partial charge on any atom is -0.467 e. The molecule has 0 spiro atoms. The molecule has 1 rings (SSSR count). The third-order valence-electron chi connectivity index (χ3n) is 1.39. The van der Waals surface area contributed by atoms with Crippen LogP contribution in [0.4, 0.5) is 0 Å². The van der Waals surface area contributed by atoms with Gasteiger partial charge in [0.1, 0.15) is 5.75 Å². The van der Waals surface area contributed by atoms with E-state index in [4.69, 9.17) is 22.1 Å². The molecule has 0 aliphatic heterocycles. The largest absolute Gasteiger partial charge is 0.467 e. The smallest absolute Gasteiger partial charge is 0.232 e. The number of hydrogen-bond acceptors (Lipinski definition) is 2. The summed E-state index contributed by atoms with van der Waals surface area (Å²) in [5.74, 6) is 0.727. The van der Waals surface area contributed by atoms with E-state index in [0.29, 0.717) is 12.1 Å². The van der Waals surface area contributed by atoms with Gasteiger partial charge in [0.05, 0.1) is 0 Å². The maximum atomic E-state index is 5.57. The summed E-state index contributed by atoms with van der Waals surface area (Å²) < 4.78 is 5.18. The lowest BCUT2D eigenvalue weighted by atomic mass is 10.2. The maximum absolute atomic E-state index is 5.57. The van der Waals surface area contributed by atoms with Crippen LogP contribution in [0, 0.1) is 5.56 Å². The Morgan fingerprint density at radius 1 is 1.58 bits per heavy atom. The second-order valence-electron chi connectivity index (χ2n) is 2.42. The van der Waals surface area contributed by atoms with Crippen molar-refractivity contribution in [3.8, 4) is 5.75 Å². The fourth-order valence-electron chi connectivity index (χ4n) is 0.898. The molecule has 1 aromatic rings. The molecule has 0 saturated carbocycles. The van der Waals surface area contributed by atoms with Gasteiger partial charge in [-0.25, -0.2) is 0 Å². The fourth-order valence-corrected chi connectivity index (χ4v) is 0.987. The number of benzene rings is 1. The molecule has 0 amide bonds. The van der Waals surface area contributed by atoms with Crippen molar-refractivity contribution in [3.05, 3.63) is 35.4 Å². The van der Waals surface area contributed by atoms with Crippen LogP contribution < -0.4 is 10.5 Å². The number of rotatable bonds is 3. The van der Waals surface area contributed by atoms with Crippen molar-refractivity contribution in [1.82, 2.24) is 0 Å². The van der Waals surface area contributed by atoms with E-state index in [1.807, 2.05) is 24.3 Å². The molecule has 3 heteroatoms. The Morgan fingerprint density at radius 2 is 2.33 bits per heavy atom. The molecule has 0 atom stereocenters. The molecule has 0 aliphatic carbocycles. The van der Waals surface area contributed by atoms with E-state index in [-0.39, 0.29) is 0 Å². The van der Waals surface area contributed by atoms with Crippen LogP contribution in [0.25, 0.3) is 0 Å². The zero-order valence-electron chi connectivity index (χ0n) is 6.88. The normalized spacial score (nSPS) is 10.3. The summed E-state index contributed by atoms with van der Waals surface area (Å²) in [4.78, 5) is 0. The first-order chi connectivity index (χ1) is 5.72. The molecule has 2 nitrogen and oxygen atoms in total. The van der Waals surface area contributed by atoms with Gasteiger partial charge in [-0.05, 0) is 24.6 Å². The van der Waals surface area contributed by atoms with Gasteiger partial charge in [0.15, 0.2) is 0 Å². The monoisotopic (exact) mass is 184 g/mol. The molecule has 2 N–H and O–H groups in total. The first-order valence-electron chi connectivity index (χ1n) is 3.68. The highest BCUT2D eigenvalue weighted by atomic mass is 35.5. The minimum absolute atomic E-state index is 0.407. The van der Waals surface area contributed by atoms with E-state index in [2.05, 4.69) is 0 Å². The number of ether oxygens (including phenoxy) is 1. The lowest BCUT2D eigenvalue weighted by Crippen LogP contribution is -1.98. The average molecular weight is 185 g/mol. The minimum atomic E-state index is 0.407. The predicted octanol–water partition coefficient (Wildman–Crippen LogP) is 2.27. The zero-order valence-corrected chi connectivity index (χ0v) is 7.64. The van der Waals surface area contributed by atoms with E-state index >= 15 is 0 Å². The number of halogens is 1. The topological polar surface area (TPSA) is 35.2 Å². The Hall–Kier alpha value is -0.730. The van der Waals surface area contributed by atoms with E-state index in [1.165, 1.54) is 0 Å². The van der Waals surface area contributed by atoms with E-state index in [1.54, 1.807) is 6.92 Å². The van der Waals surface area contributed by atoms with Crippen LogP contribution in [-0.4, -0.2) is 0 Å². The van der Waals surface area contributed by atoms with Gasteiger partial charge >= 0.3 is 0 Å². The molecular formula is C9H11ClNO. The Labute approximate surface area is 77.3 Å². The summed E-state index contributed by atoms with van der Waals surface area (Å²) in [6.07, 6.45) is 0. The zero-order chi connectivity index (χ0) is 8.97. The van der Waals surface area contributed by atoms with Gasteiger partial charge in [0.2, 0.25) is 5.56 Å². The Bertz CT molecular complexity index is 250. The summed E-state index contributed by atoms with van der Waals surface area (Å²) >= 11 is 5.57. The molecule has 0 aliphatic rings. The third-order valence-corrected chi connectivity index (χ3v) is 1.47. The Balaban J connectivity index is 2.72. The third kappa shape index (κ3) is 2.72. The van der Waals surface area contributed by atoms with Gasteiger partial charge in [-0.1, -0.05) is 23.7 Å². The quantitative estimate of drug-likeness (QED) is 0.782. The van der Waals surface area contributed by atoms with Crippen LogP contribution in [0.15, 0.2) is 24.3 Å². The molecule has 0 bridgehead atoms. The standard InChI is InChI=1S/C9H11ClNO/c1-7(10)12-9-4-2-3-8(5-9)6-11/h2-5H,6,11H2,1H3. The van der Waals surface area contributed by atoms with Gasteiger partial charge in [-0.2, -0.15) is 0 Å². The summed E-state index contributed by atoms with van der Waals surface area (Å²) in [6.45, 7) is 2.20. The summed E-state index contributed by atoms with van der Waals surface area (Å²) in [5, 5.41) is 0. The van der Waals surface area contributed by atoms with Gasteiger partial charge in [0, 0.05) is 6.54 Å². The van der Waals surface area contributed by atoms with Crippen molar-refractivity contribution < 1.29 is 4.74 Å². The lowest BCUT2D eigenvalue weighted by molar-refractivity contribution is 0.390. The van der Waals surface area contributed by atoms with E-state index < -0.39 is 0 Å². The fraction of sp³-hybridized carbons (Fsp3) is 0.222.